The summed E-state index contributed by atoms with van der Waals surface area (Å²) in [5.41, 5.74) is -0.0390. The summed E-state index contributed by atoms with van der Waals surface area (Å²) in [6.07, 6.45) is 1.88. The normalized spacial score (nSPS) is 18.8. The van der Waals surface area contributed by atoms with Crippen molar-refractivity contribution in [3.8, 4) is 5.75 Å². The molecule has 1 aromatic heterocycles. The Kier molecular flexibility index (Phi) is 8.73. The van der Waals surface area contributed by atoms with Gasteiger partial charge in [-0.15, -0.1) is 0 Å². The molecule has 2 N–H and O–H groups in total. The Morgan fingerprint density at radius 1 is 1.20 bits per heavy atom. The molecule has 0 spiro atoms. The number of aromatic nitrogens is 2. The van der Waals surface area contributed by atoms with Gasteiger partial charge in [-0.3, -0.25) is 9.52 Å². The van der Waals surface area contributed by atoms with Crippen molar-refractivity contribution in [1.82, 2.24) is 18.8 Å². The number of para-hydroxylation sites is 1. The quantitative estimate of drug-likeness (QED) is 0.373. The molecular weight excluding hydrogens is 577 g/mol. The molecular formula is C26H32FN5O7S2. The van der Waals surface area contributed by atoms with E-state index in [0.29, 0.717) is 0 Å². The summed E-state index contributed by atoms with van der Waals surface area (Å²) in [5, 5.41) is 9.71. The largest absolute Gasteiger partial charge is 0.486 e. The molecule has 2 aromatic carbocycles. The van der Waals surface area contributed by atoms with Crippen molar-refractivity contribution in [3.05, 3.63) is 66.4 Å². The highest BCUT2D eigenvalue weighted by Gasteiger charge is 2.37. The SMILES string of the molecule is C[C@H]1CN([C@@H](C)CO)C(=O)c2cccc(NS(=O)(=O)c3ccc(F)cc3)c2O[C@@H]1CN(C)S(=O)(=O)c1cn(C)cn1. The van der Waals surface area contributed by atoms with Crippen molar-refractivity contribution in [2.24, 2.45) is 13.0 Å². The van der Waals surface area contributed by atoms with Gasteiger partial charge in [0.2, 0.25) is 0 Å². The molecule has 0 fully saturated rings. The first-order valence-corrected chi connectivity index (χ1v) is 15.6. The summed E-state index contributed by atoms with van der Waals surface area (Å²) in [6, 6.07) is 7.97. The molecule has 1 aliphatic rings. The molecule has 0 aliphatic carbocycles. The number of carbonyl (C=O) groups is 1. The molecule has 0 saturated heterocycles. The van der Waals surface area contributed by atoms with Gasteiger partial charge in [0.25, 0.3) is 26.0 Å². The van der Waals surface area contributed by atoms with Crippen LogP contribution in [0.2, 0.25) is 0 Å². The van der Waals surface area contributed by atoms with E-state index in [-0.39, 0.29) is 46.6 Å². The molecule has 2 heterocycles. The summed E-state index contributed by atoms with van der Waals surface area (Å²) in [4.78, 5) is 18.8. The van der Waals surface area contributed by atoms with Gasteiger partial charge in [-0.25, -0.2) is 26.2 Å². The van der Waals surface area contributed by atoms with Crippen molar-refractivity contribution in [2.45, 2.75) is 35.9 Å². The highest BCUT2D eigenvalue weighted by molar-refractivity contribution is 7.92. The zero-order chi connectivity index (χ0) is 30.1. The van der Waals surface area contributed by atoms with E-state index in [1.165, 1.54) is 47.2 Å². The number of aliphatic hydroxyl groups is 1. The summed E-state index contributed by atoms with van der Waals surface area (Å²) in [7, 11) is -5.21. The number of benzene rings is 2. The number of ether oxygens (including phenoxy) is 1. The van der Waals surface area contributed by atoms with Crippen LogP contribution in [-0.4, -0.2) is 85.5 Å². The minimum absolute atomic E-state index is 0.0248. The van der Waals surface area contributed by atoms with Gasteiger partial charge in [0.05, 0.1) is 41.7 Å². The first-order chi connectivity index (χ1) is 19.2. The monoisotopic (exact) mass is 609 g/mol. The number of rotatable bonds is 9. The third-order valence-corrected chi connectivity index (χ3v) is 9.94. The second-order valence-corrected chi connectivity index (χ2v) is 13.7. The summed E-state index contributed by atoms with van der Waals surface area (Å²) >= 11 is 0. The lowest BCUT2D eigenvalue weighted by Gasteiger charge is -2.38. The predicted octanol–water partition coefficient (Wildman–Crippen LogP) is 1.90. The molecule has 1 amide bonds. The summed E-state index contributed by atoms with van der Waals surface area (Å²) in [5.74, 6) is -1.66. The number of nitrogens with one attached hydrogen (secondary N) is 1. The van der Waals surface area contributed by atoms with E-state index in [2.05, 4.69) is 9.71 Å². The van der Waals surface area contributed by atoms with Crippen molar-refractivity contribution in [3.63, 3.8) is 0 Å². The van der Waals surface area contributed by atoms with Gasteiger partial charge in [-0.2, -0.15) is 4.31 Å². The van der Waals surface area contributed by atoms with Gasteiger partial charge in [0.1, 0.15) is 11.9 Å². The number of aliphatic hydroxyl groups excluding tert-OH is 1. The fourth-order valence-corrected chi connectivity index (χ4v) is 6.60. The van der Waals surface area contributed by atoms with Crippen LogP contribution in [0.25, 0.3) is 0 Å². The van der Waals surface area contributed by atoms with Crippen molar-refractivity contribution >= 4 is 31.6 Å². The van der Waals surface area contributed by atoms with Gasteiger partial charge in [-0.05, 0) is 43.3 Å². The second-order valence-electron chi connectivity index (χ2n) is 10.0. The molecule has 0 unspecified atom stereocenters. The lowest BCUT2D eigenvalue weighted by atomic mass is 9.99. The fourth-order valence-electron chi connectivity index (χ4n) is 4.39. The number of hydrogen-bond donors (Lipinski definition) is 2. The predicted molar refractivity (Wildman–Crippen MR) is 148 cm³/mol. The van der Waals surface area contributed by atoms with Crippen molar-refractivity contribution in [1.29, 1.82) is 0 Å². The molecule has 12 nitrogen and oxygen atoms in total. The van der Waals surface area contributed by atoms with Crippen LogP contribution in [0.5, 0.6) is 5.75 Å². The van der Waals surface area contributed by atoms with Crippen LogP contribution < -0.4 is 9.46 Å². The third kappa shape index (κ3) is 6.37. The molecule has 15 heteroatoms. The number of amides is 1. The minimum Gasteiger partial charge on any atom is -0.486 e. The van der Waals surface area contributed by atoms with E-state index < -0.39 is 49.8 Å². The number of hydrogen-bond acceptors (Lipinski definition) is 8. The van der Waals surface area contributed by atoms with Gasteiger partial charge in [-0.1, -0.05) is 13.0 Å². The lowest BCUT2D eigenvalue weighted by Crippen LogP contribution is -2.50. The molecule has 3 aromatic rings. The van der Waals surface area contributed by atoms with Crippen LogP contribution in [0.1, 0.15) is 24.2 Å². The Bertz CT molecular complexity index is 1630. The summed E-state index contributed by atoms with van der Waals surface area (Å²) in [6.45, 7) is 3.08. The zero-order valence-corrected chi connectivity index (χ0v) is 24.6. The van der Waals surface area contributed by atoms with E-state index in [4.69, 9.17) is 4.74 Å². The lowest BCUT2D eigenvalue weighted by molar-refractivity contribution is 0.0389. The maximum absolute atomic E-state index is 13.6. The number of likely N-dealkylation sites (N-methyl/N-ethyl adjacent to an activating group) is 1. The molecule has 0 saturated carbocycles. The maximum atomic E-state index is 13.6. The van der Waals surface area contributed by atoms with Crippen molar-refractivity contribution < 1.29 is 35.9 Å². The van der Waals surface area contributed by atoms with Gasteiger partial charge in [0.15, 0.2) is 10.8 Å². The van der Waals surface area contributed by atoms with E-state index in [9.17, 15) is 31.1 Å². The number of aryl methyl sites for hydroxylation is 1. The number of halogens is 1. The number of imidazole rings is 1. The Morgan fingerprint density at radius 3 is 2.49 bits per heavy atom. The van der Waals surface area contributed by atoms with Crippen LogP contribution in [0.3, 0.4) is 0 Å². The molecule has 0 bridgehead atoms. The number of carbonyl (C=O) groups excluding carboxylic acids is 1. The van der Waals surface area contributed by atoms with E-state index in [1.54, 1.807) is 20.9 Å². The standard InChI is InChI=1S/C26H32FN5O7S2/c1-17-12-32(18(2)15-33)26(34)21-6-5-7-22(29-40(35,36)20-10-8-19(27)9-11-20)25(21)39-23(17)13-31(4)41(37,38)24-14-30(3)16-28-24/h5-11,14,16-18,23,29,33H,12-13,15H2,1-4H3/t17-,18-,23+/m0/s1. The zero-order valence-electron chi connectivity index (χ0n) is 22.9. The highest BCUT2D eigenvalue weighted by atomic mass is 32.2. The topological polar surface area (TPSA) is 151 Å². The number of fused-ring (bicyclic) bond motifs is 1. The number of sulfonamides is 2. The van der Waals surface area contributed by atoms with Gasteiger partial charge >= 0.3 is 0 Å². The van der Waals surface area contributed by atoms with Crippen LogP contribution in [0, 0.1) is 11.7 Å². The average Bonchev–Trinajstić information content (AvgIpc) is 3.37. The first-order valence-electron chi connectivity index (χ1n) is 12.7. The second kappa shape index (κ2) is 11.8. The number of nitrogens with zero attached hydrogens (tertiary/aromatic N) is 4. The maximum Gasteiger partial charge on any atom is 0.262 e. The van der Waals surface area contributed by atoms with E-state index in [1.807, 2.05) is 0 Å². The third-order valence-electron chi connectivity index (χ3n) is 6.85. The Hall–Kier alpha value is -3.53. The van der Waals surface area contributed by atoms with Crippen LogP contribution in [0.15, 0.2) is 64.9 Å². The Morgan fingerprint density at radius 2 is 1.88 bits per heavy atom. The molecule has 1 aliphatic heterocycles. The average molecular weight is 610 g/mol. The van der Waals surface area contributed by atoms with Crippen LogP contribution in [0.4, 0.5) is 10.1 Å². The number of anilines is 1. The van der Waals surface area contributed by atoms with Gasteiger partial charge in [0, 0.05) is 32.8 Å². The molecule has 4 rings (SSSR count). The molecule has 41 heavy (non-hydrogen) atoms. The minimum atomic E-state index is -4.23. The smallest absolute Gasteiger partial charge is 0.262 e. The van der Waals surface area contributed by atoms with E-state index in [0.717, 1.165) is 28.6 Å². The highest BCUT2D eigenvalue weighted by Crippen LogP contribution is 2.36. The van der Waals surface area contributed by atoms with Crippen molar-refractivity contribution in [2.75, 3.05) is 31.5 Å². The van der Waals surface area contributed by atoms with Crippen LogP contribution >= 0.6 is 0 Å². The molecule has 3 atom stereocenters. The first kappa shape index (κ1) is 30.4. The fraction of sp³-hybridized carbons (Fsp3) is 0.385. The Labute approximate surface area is 238 Å². The molecule has 0 radical (unpaired) electrons. The Balaban J connectivity index is 1.76. The van der Waals surface area contributed by atoms with Gasteiger partial charge < -0.3 is 19.3 Å². The molecule has 222 valence electrons. The van der Waals surface area contributed by atoms with Crippen LogP contribution in [-0.2, 0) is 27.1 Å². The summed E-state index contributed by atoms with van der Waals surface area (Å²) < 4.78 is 77.4. The van der Waals surface area contributed by atoms with E-state index >= 15 is 0 Å².